The predicted molar refractivity (Wildman–Crippen MR) is 67.9 cm³/mol. The van der Waals surface area contributed by atoms with Crippen LogP contribution >= 0.6 is 12.6 Å². The normalized spacial score (nSPS) is 31.1. The highest BCUT2D eigenvalue weighted by Crippen LogP contribution is 2.33. The van der Waals surface area contributed by atoms with Gasteiger partial charge in [-0.2, -0.15) is 12.6 Å². The Morgan fingerprint density at radius 2 is 2.32 bits per heavy atom. The van der Waals surface area contributed by atoms with Crippen LogP contribution in [0.1, 0.15) is 6.23 Å². The molecular formula is C10H12N4O4S. The van der Waals surface area contributed by atoms with E-state index in [2.05, 4.69) is 27.6 Å². The minimum Gasteiger partial charge on any atom is -0.394 e. The maximum atomic E-state index is 11.5. The van der Waals surface area contributed by atoms with E-state index in [1.165, 1.54) is 17.2 Å². The number of ether oxygens (including phenoxy) is 1. The fourth-order valence-corrected chi connectivity index (χ4v) is 2.47. The van der Waals surface area contributed by atoms with Crippen molar-refractivity contribution in [1.82, 2.24) is 19.5 Å². The van der Waals surface area contributed by atoms with Gasteiger partial charge in [0.25, 0.3) is 5.56 Å². The summed E-state index contributed by atoms with van der Waals surface area (Å²) in [5, 5.41) is 18.7. The van der Waals surface area contributed by atoms with Crippen LogP contribution in [0.15, 0.2) is 17.4 Å². The molecule has 3 rings (SSSR count). The van der Waals surface area contributed by atoms with Gasteiger partial charge in [-0.1, -0.05) is 0 Å². The quantitative estimate of drug-likeness (QED) is 0.508. The first-order valence-electron chi connectivity index (χ1n) is 5.66. The van der Waals surface area contributed by atoms with Crippen molar-refractivity contribution in [3.63, 3.8) is 0 Å². The number of nitrogens with one attached hydrogen (secondary N) is 1. The molecule has 0 amide bonds. The Balaban J connectivity index is 2.06. The Morgan fingerprint density at radius 1 is 1.53 bits per heavy atom. The molecule has 2 aromatic heterocycles. The van der Waals surface area contributed by atoms with E-state index in [-0.39, 0.29) is 17.7 Å². The third kappa shape index (κ3) is 1.86. The van der Waals surface area contributed by atoms with E-state index in [0.29, 0.717) is 5.65 Å². The first kappa shape index (κ1) is 12.6. The van der Waals surface area contributed by atoms with Crippen LogP contribution < -0.4 is 5.56 Å². The molecule has 1 aliphatic heterocycles. The second kappa shape index (κ2) is 4.60. The van der Waals surface area contributed by atoms with Crippen LogP contribution in [-0.4, -0.2) is 53.8 Å². The van der Waals surface area contributed by atoms with Gasteiger partial charge < -0.3 is 19.9 Å². The lowest BCUT2D eigenvalue weighted by Crippen LogP contribution is -2.28. The van der Waals surface area contributed by atoms with Crippen LogP contribution in [0.4, 0.5) is 0 Å². The number of imidazole rings is 1. The lowest BCUT2D eigenvalue weighted by molar-refractivity contribution is -0.0486. The van der Waals surface area contributed by atoms with Gasteiger partial charge in [-0.15, -0.1) is 0 Å². The van der Waals surface area contributed by atoms with E-state index in [0.717, 1.165) is 0 Å². The second-order valence-corrected chi connectivity index (χ2v) is 4.88. The molecule has 19 heavy (non-hydrogen) atoms. The number of rotatable bonds is 2. The van der Waals surface area contributed by atoms with E-state index in [1.54, 1.807) is 0 Å². The SMILES string of the molecule is O=c1[nH]cnc2c1ncn2[C@@H]1O[C@H](CO)C(S)C1O. The summed E-state index contributed by atoms with van der Waals surface area (Å²) in [5.74, 6) is 0. The molecule has 9 heteroatoms. The maximum absolute atomic E-state index is 11.5. The van der Waals surface area contributed by atoms with Crippen molar-refractivity contribution in [2.24, 2.45) is 0 Å². The number of fused-ring (bicyclic) bond motifs is 1. The number of nitrogens with zero attached hydrogens (tertiary/aromatic N) is 3. The molecule has 1 saturated heterocycles. The first-order valence-corrected chi connectivity index (χ1v) is 6.18. The van der Waals surface area contributed by atoms with Gasteiger partial charge in [0.05, 0.1) is 30.6 Å². The highest BCUT2D eigenvalue weighted by Gasteiger charge is 2.42. The van der Waals surface area contributed by atoms with E-state index in [1.807, 2.05) is 0 Å². The standard InChI is InChI=1S/C10H12N4O4S/c15-1-4-7(19)6(16)10(18-4)14-3-13-5-8(14)11-2-12-9(5)17/h2-4,6-7,10,15-16,19H,1H2,(H,11,12,17)/t4-,6?,7?,10-/m1/s1. The molecule has 0 aliphatic carbocycles. The molecule has 2 unspecified atom stereocenters. The minimum absolute atomic E-state index is 0.168. The summed E-state index contributed by atoms with van der Waals surface area (Å²) in [6.07, 6.45) is 0.341. The third-order valence-corrected chi connectivity index (χ3v) is 3.79. The van der Waals surface area contributed by atoms with Crippen molar-refractivity contribution in [2.45, 2.75) is 23.7 Å². The summed E-state index contributed by atoms with van der Waals surface area (Å²) >= 11 is 4.21. The third-order valence-electron chi connectivity index (χ3n) is 3.16. The number of aromatic amines is 1. The van der Waals surface area contributed by atoms with Gasteiger partial charge in [0.15, 0.2) is 17.4 Å². The Morgan fingerprint density at radius 3 is 3.00 bits per heavy atom. The predicted octanol–water partition coefficient (Wildman–Crippen LogP) is -1.33. The smallest absolute Gasteiger partial charge is 0.278 e. The lowest BCUT2D eigenvalue weighted by Gasteiger charge is -2.16. The number of hydrogen-bond donors (Lipinski definition) is 4. The van der Waals surface area contributed by atoms with Crippen LogP contribution in [0, 0.1) is 0 Å². The molecule has 0 spiro atoms. The molecule has 1 fully saturated rings. The summed E-state index contributed by atoms with van der Waals surface area (Å²) in [5.41, 5.74) is 0.116. The van der Waals surface area contributed by atoms with E-state index in [4.69, 9.17) is 9.84 Å². The molecule has 0 radical (unpaired) electrons. The highest BCUT2D eigenvalue weighted by atomic mass is 32.1. The van der Waals surface area contributed by atoms with Gasteiger partial charge in [-0.25, -0.2) is 9.97 Å². The summed E-state index contributed by atoms with van der Waals surface area (Å²) in [6, 6.07) is 0. The Hall–Kier alpha value is -1.42. The van der Waals surface area contributed by atoms with Gasteiger partial charge in [0, 0.05) is 0 Å². The Bertz CT molecular complexity index is 656. The number of aliphatic hydroxyl groups excluding tert-OH is 2. The van der Waals surface area contributed by atoms with Gasteiger partial charge >= 0.3 is 0 Å². The molecule has 102 valence electrons. The van der Waals surface area contributed by atoms with Crippen LogP contribution in [0.25, 0.3) is 11.2 Å². The van der Waals surface area contributed by atoms with Crippen molar-refractivity contribution >= 4 is 23.8 Å². The number of H-pyrrole nitrogens is 1. The van der Waals surface area contributed by atoms with Crippen molar-refractivity contribution in [1.29, 1.82) is 0 Å². The number of thiol groups is 1. The molecule has 3 N–H and O–H groups in total. The van der Waals surface area contributed by atoms with E-state index >= 15 is 0 Å². The zero-order chi connectivity index (χ0) is 13.6. The summed E-state index contributed by atoms with van der Waals surface area (Å²) in [6.45, 7) is -0.248. The molecule has 3 heterocycles. The zero-order valence-electron chi connectivity index (χ0n) is 9.67. The second-order valence-electron chi connectivity index (χ2n) is 4.28. The fraction of sp³-hybridized carbons (Fsp3) is 0.500. The van der Waals surface area contributed by atoms with Crippen LogP contribution in [0.3, 0.4) is 0 Å². The molecule has 1 aliphatic rings. The molecule has 0 bridgehead atoms. The van der Waals surface area contributed by atoms with E-state index < -0.39 is 23.7 Å². The minimum atomic E-state index is -0.932. The first-order chi connectivity index (χ1) is 9.13. The van der Waals surface area contributed by atoms with Crippen molar-refractivity contribution in [2.75, 3.05) is 6.61 Å². The van der Waals surface area contributed by atoms with Crippen molar-refractivity contribution < 1.29 is 14.9 Å². The average molecular weight is 284 g/mol. The van der Waals surface area contributed by atoms with Crippen LogP contribution in [0.5, 0.6) is 0 Å². The molecule has 0 saturated carbocycles. The molecular weight excluding hydrogens is 272 g/mol. The van der Waals surface area contributed by atoms with Crippen molar-refractivity contribution in [3.05, 3.63) is 23.0 Å². The van der Waals surface area contributed by atoms with Gasteiger partial charge in [0.2, 0.25) is 0 Å². The van der Waals surface area contributed by atoms with Gasteiger partial charge in [-0.05, 0) is 0 Å². The Kier molecular flexibility index (Phi) is 3.05. The molecule has 4 atom stereocenters. The monoisotopic (exact) mass is 284 g/mol. The molecule has 0 aromatic carbocycles. The summed E-state index contributed by atoms with van der Waals surface area (Å²) in [7, 11) is 0. The summed E-state index contributed by atoms with van der Waals surface area (Å²) < 4.78 is 6.99. The number of aromatic nitrogens is 4. The summed E-state index contributed by atoms with van der Waals surface area (Å²) in [4.78, 5) is 21.9. The maximum Gasteiger partial charge on any atom is 0.278 e. The number of aliphatic hydroxyl groups is 2. The lowest BCUT2D eigenvalue weighted by atomic mass is 10.2. The topological polar surface area (TPSA) is 113 Å². The largest absolute Gasteiger partial charge is 0.394 e. The highest BCUT2D eigenvalue weighted by molar-refractivity contribution is 7.81. The molecule has 8 nitrogen and oxygen atoms in total. The van der Waals surface area contributed by atoms with Crippen LogP contribution in [-0.2, 0) is 4.74 Å². The number of hydrogen-bond acceptors (Lipinski definition) is 7. The molecule has 2 aromatic rings. The van der Waals surface area contributed by atoms with Gasteiger partial charge in [-0.3, -0.25) is 9.36 Å². The fourth-order valence-electron chi connectivity index (χ4n) is 2.16. The Labute approximate surface area is 112 Å². The van der Waals surface area contributed by atoms with Gasteiger partial charge in [0.1, 0.15) is 6.10 Å². The zero-order valence-corrected chi connectivity index (χ0v) is 10.6. The van der Waals surface area contributed by atoms with Crippen molar-refractivity contribution in [3.8, 4) is 0 Å². The van der Waals surface area contributed by atoms with Crippen LogP contribution in [0.2, 0.25) is 0 Å². The van der Waals surface area contributed by atoms with E-state index in [9.17, 15) is 9.90 Å². The average Bonchev–Trinajstić information content (AvgIpc) is 2.94.